The Morgan fingerprint density at radius 2 is 1.74 bits per heavy atom. The minimum absolute atomic E-state index is 0.198. The monoisotopic (exact) mass is 460 g/mol. The van der Waals surface area contributed by atoms with Crippen molar-refractivity contribution in [2.24, 2.45) is 5.73 Å². The zero-order valence-electron chi connectivity index (χ0n) is 18.6. The van der Waals surface area contributed by atoms with Crippen molar-refractivity contribution < 1.29 is 0 Å². The predicted molar refractivity (Wildman–Crippen MR) is 133 cm³/mol. The third-order valence-corrected chi connectivity index (χ3v) is 6.29. The maximum absolute atomic E-state index is 5.93. The fourth-order valence-electron chi connectivity index (χ4n) is 4.47. The zero-order valence-corrected chi connectivity index (χ0v) is 18.6. The molecule has 0 bridgehead atoms. The lowest BCUT2D eigenvalue weighted by Crippen LogP contribution is -2.56. The number of rotatable bonds is 4. The second-order valence-corrected chi connectivity index (χ2v) is 8.64. The van der Waals surface area contributed by atoms with Crippen LogP contribution < -0.4 is 10.6 Å². The summed E-state index contributed by atoms with van der Waals surface area (Å²) in [4.78, 5) is 28.3. The molecule has 6 aromatic rings. The molecule has 0 radical (unpaired) electrons. The second-order valence-electron chi connectivity index (χ2n) is 8.64. The Hall–Kier alpha value is -4.70. The Bertz CT molecular complexity index is 1680. The molecule has 1 saturated heterocycles. The SMILES string of the molecule is NC1CN(c2cncc(-c3ccc4[nH]nc(-c5nc6c(-c7ccncc7)nccc6[nH]5)c4c3)n2)C1. The summed E-state index contributed by atoms with van der Waals surface area (Å²) in [5, 5.41) is 8.63. The molecule has 1 fully saturated rings. The van der Waals surface area contributed by atoms with Gasteiger partial charge in [-0.1, -0.05) is 6.07 Å². The van der Waals surface area contributed by atoms with Gasteiger partial charge in [-0.15, -0.1) is 0 Å². The number of H-pyrrole nitrogens is 2. The Morgan fingerprint density at radius 3 is 2.60 bits per heavy atom. The maximum atomic E-state index is 5.93. The number of nitrogens with one attached hydrogen (secondary N) is 2. The highest BCUT2D eigenvalue weighted by molar-refractivity contribution is 5.97. The van der Waals surface area contributed by atoms with Gasteiger partial charge in [-0.2, -0.15) is 5.10 Å². The van der Waals surface area contributed by atoms with Gasteiger partial charge in [0, 0.05) is 54.2 Å². The van der Waals surface area contributed by atoms with Crippen molar-refractivity contribution in [1.82, 2.24) is 40.1 Å². The molecule has 10 nitrogen and oxygen atoms in total. The summed E-state index contributed by atoms with van der Waals surface area (Å²) in [5.41, 5.74) is 12.8. The van der Waals surface area contributed by atoms with Crippen LogP contribution in [-0.2, 0) is 0 Å². The van der Waals surface area contributed by atoms with E-state index in [0.717, 1.165) is 69.1 Å². The number of pyridine rings is 2. The number of benzene rings is 1. The van der Waals surface area contributed by atoms with Gasteiger partial charge in [0.05, 0.1) is 34.8 Å². The molecule has 5 aromatic heterocycles. The van der Waals surface area contributed by atoms with E-state index in [1.807, 2.05) is 30.3 Å². The van der Waals surface area contributed by atoms with Crippen LogP contribution >= 0.6 is 0 Å². The fraction of sp³-hybridized carbons (Fsp3) is 0.120. The Labute approximate surface area is 199 Å². The van der Waals surface area contributed by atoms with E-state index in [4.69, 9.17) is 15.7 Å². The van der Waals surface area contributed by atoms with Crippen molar-refractivity contribution in [3.63, 3.8) is 0 Å². The summed E-state index contributed by atoms with van der Waals surface area (Å²) in [6, 6.07) is 12.1. The standard InChI is InChI=1S/C25H20N10/c26-16-12-35(13-16)21-11-28-10-20(30-21)15-1-2-18-17(9-15)23(34-33-18)25-31-19-5-8-29-22(24(19)32-25)14-3-6-27-7-4-14/h1-11,16H,12-13,26H2,(H,31,32)(H,33,34). The van der Waals surface area contributed by atoms with E-state index in [9.17, 15) is 0 Å². The summed E-state index contributed by atoms with van der Waals surface area (Å²) < 4.78 is 0. The summed E-state index contributed by atoms with van der Waals surface area (Å²) in [7, 11) is 0. The highest BCUT2D eigenvalue weighted by Crippen LogP contribution is 2.32. The van der Waals surface area contributed by atoms with Crippen LogP contribution in [0.2, 0.25) is 0 Å². The first kappa shape index (κ1) is 19.7. The van der Waals surface area contributed by atoms with Crippen LogP contribution in [0.3, 0.4) is 0 Å². The first-order valence-corrected chi connectivity index (χ1v) is 11.3. The third kappa shape index (κ3) is 3.30. The first-order chi connectivity index (χ1) is 17.2. The predicted octanol–water partition coefficient (Wildman–Crippen LogP) is 3.17. The van der Waals surface area contributed by atoms with Crippen LogP contribution in [0.1, 0.15) is 0 Å². The number of aromatic amines is 2. The van der Waals surface area contributed by atoms with Gasteiger partial charge >= 0.3 is 0 Å². The largest absolute Gasteiger partial charge is 0.352 e. The quantitative estimate of drug-likeness (QED) is 0.365. The van der Waals surface area contributed by atoms with E-state index < -0.39 is 0 Å². The normalized spacial score (nSPS) is 14.0. The molecule has 0 aliphatic carbocycles. The lowest BCUT2D eigenvalue weighted by Gasteiger charge is -2.37. The maximum Gasteiger partial charge on any atom is 0.159 e. The number of hydrogen-bond acceptors (Lipinski definition) is 8. The number of anilines is 1. The van der Waals surface area contributed by atoms with Crippen molar-refractivity contribution >= 4 is 27.8 Å². The van der Waals surface area contributed by atoms with Crippen molar-refractivity contribution in [3.05, 3.63) is 67.4 Å². The molecule has 1 aliphatic rings. The van der Waals surface area contributed by atoms with Gasteiger partial charge in [0.25, 0.3) is 0 Å². The van der Waals surface area contributed by atoms with Gasteiger partial charge in [-0.3, -0.25) is 20.1 Å². The van der Waals surface area contributed by atoms with Crippen molar-refractivity contribution in [3.8, 4) is 34.0 Å². The molecule has 0 unspecified atom stereocenters. The van der Waals surface area contributed by atoms with Crippen LogP contribution in [0.5, 0.6) is 0 Å². The van der Waals surface area contributed by atoms with E-state index in [-0.39, 0.29) is 6.04 Å². The molecule has 35 heavy (non-hydrogen) atoms. The number of imidazole rings is 1. The lowest BCUT2D eigenvalue weighted by molar-refractivity contribution is 0.514. The molecular weight excluding hydrogens is 440 g/mol. The smallest absolute Gasteiger partial charge is 0.159 e. The zero-order chi connectivity index (χ0) is 23.4. The van der Waals surface area contributed by atoms with E-state index in [2.05, 4.69) is 41.1 Å². The average molecular weight is 461 g/mol. The number of aromatic nitrogens is 8. The van der Waals surface area contributed by atoms with Gasteiger partial charge < -0.3 is 15.6 Å². The lowest BCUT2D eigenvalue weighted by atomic mass is 10.1. The summed E-state index contributed by atoms with van der Waals surface area (Å²) in [6.07, 6.45) is 8.83. The molecule has 1 aliphatic heterocycles. The third-order valence-electron chi connectivity index (χ3n) is 6.29. The minimum Gasteiger partial charge on any atom is -0.352 e. The number of nitrogens with zero attached hydrogens (tertiary/aromatic N) is 7. The summed E-state index contributed by atoms with van der Waals surface area (Å²) in [6.45, 7) is 1.59. The van der Waals surface area contributed by atoms with Gasteiger partial charge in [-0.05, 0) is 30.3 Å². The molecule has 0 spiro atoms. The highest BCUT2D eigenvalue weighted by atomic mass is 15.3. The summed E-state index contributed by atoms with van der Waals surface area (Å²) >= 11 is 0. The second kappa shape index (κ2) is 7.67. The fourth-order valence-corrected chi connectivity index (χ4v) is 4.47. The van der Waals surface area contributed by atoms with E-state index in [1.165, 1.54) is 0 Å². The van der Waals surface area contributed by atoms with Gasteiger partial charge in [0.15, 0.2) is 5.82 Å². The van der Waals surface area contributed by atoms with Crippen molar-refractivity contribution in [2.75, 3.05) is 18.0 Å². The van der Waals surface area contributed by atoms with Gasteiger partial charge in [0.1, 0.15) is 17.0 Å². The Morgan fingerprint density at radius 1 is 0.857 bits per heavy atom. The van der Waals surface area contributed by atoms with Crippen molar-refractivity contribution in [2.45, 2.75) is 6.04 Å². The van der Waals surface area contributed by atoms with Crippen LogP contribution in [0, 0.1) is 0 Å². The number of nitrogens with two attached hydrogens (primary N) is 1. The topological polar surface area (TPSA) is 138 Å². The summed E-state index contributed by atoms with van der Waals surface area (Å²) in [5.74, 6) is 1.51. The van der Waals surface area contributed by atoms with Gasteiger partial charge in [-0.25, -0.2) is 9.97 Å². The number of hydrogen-bond donors (Lipinski definition) is 3. The van der Waals surface area contributed by atoms with E-state index >= 15 is 0 Å². The average Bonchev–Trinajstić information content (AvgIpc) is 3.51. The molecule has 0 amide bonds. The Balaban J connectivity index is 1.31. The van der Waals surface area contributed by atoms with E-state index in [0.29, 0.717) is 5.82 Å². The van der Waals surface area contributed by atoms with Gasteiger partial charge in [0.2, 0.25) is 0 Å². The molecule has 4 N–H and O–H groups in total. The van der Waals surface area contributed by atoms with Crippen molar-refractivity contribution in [1.29, 1.82) is 0 Å². The number of fused-ring (bicyclic) bond motifs is 2. The molecule has 0 atom stereocenters. The van der Waals surface area contributed by atoms with Crippen LogP contribution in [0.25, 0.3) is 56.0 Å². The first-order valence-electron chi connectivity index (χ1n) is 11.3. The molecule has 170 valence electrons. The molecule has 1 aromatic carbocycles. The molecule has 10 heteroatoms. The molecule has 6 heterocycles. The highest BCUT2D eigenvalue weighted by Gasteiger charge is 2.24. The van der Waals surface area contributed by atoms with Crippen LogP contribution in [-0.4, -0.2) is 59.2 Å². The van der Waals surface area contributed by atoms with Crippen LogP contribution in [0.4, 0.5) is 5.82 Å². The Kier molecular flexibility index (Phi) is 4.33. The molecular formula is C25H20N10. The minimum atomic E-state index is 0.198. The molecule has 0 saturated carbocycles. The van der Waals surface area contributed by atoms with Crippen LogP contribution in [0.15, 0.2) is 67.4 Å². The van der Waals surface area contributed by atoms with E-state index in [1.54, 1.807) is 31.0 Å². The molecule has 7 rings (SSSR count).